The van der Waals surface area contributed by atoms with Crippen molar-refractivity contribution < 1.29 is 52.5 Å². The molecule has 0 heterocycles. The molecule has 4 atom stereocenters. The number of carbonyl (C=O) groups excluding carboxylic acids is 6. The number of hydrogen-bond donors (Lipinski definition) is 1. The number of aryl methyl sites for hydroxylation is 1. The predicted molar refractivity (Wildman–Crippen MR) is 119 cm³/mol. The van der Waals surface area contributed by atoms with Gasteiger partial charge in [-0.05, 0) is 18.6 Å². The Labute approximate surface area is 202 Å². The van der Waals surface area contributed by atoms with Gasteiger partial charge in [0.25, 0.3) is 5.91 Å². The van der Waals surface area contributed by atoms with Gasteiger partial charge in [-0.15, -0.1) is 0 Å². The number of rotatable bonds is 11. The fourth-order valence-corrected chi connectivity index (χ4v) is 3.01. The van der Waals surface area contributed by atoms with Crippen molar-refractivity contribution >= 4 is 41.4 Å². The average Bonchev–Trinajstić information content (AvgIpc) is 2.72. The molecule has 1 aromatic carbocycles. The molecule has 0 fully saturated rings. The number of anilines is 1. The highest BCUT2D eigenvalue weighted by Gasteiger charge is 2.47. The lowest BCUT2D eigenvalue weighted by atomic mass is 10.0. The van der Waals surface area contributed by atoms with E-state index in [1.54, 1.807) is 31.2 Å². The van der Waals surface area contributed by atoms with Crippen molar-refractivity contribution in [3.05, 3.63) is 29.8 Å². The maximum absolute atomic E-state index is 13.2. The third kappa shape index (κ3) is 10.2. The average molecular weight is 495 g/mol. The normalized spacial score (nSPS) is 13.8. The van der Waals surface area contributed by atoms with E-state index in [0.29, 0.717) is 11.3 Å². The summed E-state index contributed by atoms with van der Waals surface area (Å²) in [4.78, 5) is 72.0. The number of hydrogen-bond acceptors (Lipinski definition) is 11. The summed E-state index contributed by atoms with van der Waals surface area (Å²) in [5.74, 6) is -5.28. The number of para-hydroxylation sites is 1. The van der Waals surface area contributed by atoms with E-state index in [9.17, 15) is 28.8 Å². The number of amides is 1. The predicted octanol–water partition coefficient (Wildman–Crippen LogP) is 1.22. The fourth-order valence-electron chi connectivity index (χ4n) is 3.01. The molecule has 1 N–H and O–H groups in total. The monoisotopic (exact) mass is 495 g/mol. The molecule has 0 aliphatic carbocycles. The minimum atomic E-state index is -1.85. The third-order valence-corrected chi connectivity index (χ3v) is 4.32. The van der Waals surface area contributed by atoms with Crippen molar-refractivity contribution in [1.29, 1.82) is 0 Å². The van der Waals surface area contributed by atoms with Crippen LogP contribution in [0.4, 0.5) is 5.69 Å². The van der Waals surface area contributed by atoms with Crippen LogP contribution >= 0.6 is 0 Å². The molecule has 35 heavy (non-hydrogen) atoms. The van der Waals surface area contributed by atoms with Gasteiger partial charge in [0.05, 0.1) is 0 Å². The molecule has 1 amide bonds. The van der Waals surface area contributed by atoms with Crippen LogP contribution in [-0.4, -0.2) is 66.8 Å². The highest BCUT2D eigenvalue weighted by atomic mass is 16.6. The standard InChI is InChI=1S/C23H29NO11/c1-12-9-7-8-10-18(12)24-23(30)22(35-17(6)29)21(34-16(5)28)20(33-15(4)27)19(32-14(3)26)11-31-13(2)25/h7-10,19-22H,11H2,1-6H3,(H,24,30). The fraction of sp³-hybridized carbons (Fsp3) is 0.478. The van der Waals surface area contributed by atoms with Gasteiger partial charge in [-0.3, -0.25) is 28.8 Å². The highest BCUT2D eigenvalue weighted by Crippen LogP contribution is 2.22. The van der Waals surface area contributed by atoms with Crippen molar-refractivity contribution in [2.24, 2.45) is 0 Å². The van der Waals surface area contributed by atoms with Crippen LogP contribution in [-0.2, 0) is 52.5 Å². The van der Waals surface area contributed by atoms with Crippen LogP contribution in [0.3, 0.4) is 0 Å². The zero-order chi connectivity index (χ0) is 26.7. The largest absolute Gasteiger partial charge is 0.462 e. The Balaban J connectivity index is 3.55. The van der Waals surface area contributed by atoms with Crippen LogP contribution in [0.1, 0.15) is 40.2 Å². The van der Waals surface area contributed by atoms with Gasteiger partial charge in [-0.25, -0.2) is 0 Å². The van der Waals surface area contributed by atoms with E-state index < -0.39 is 66.8 Å². The topological polar surface area (TPSA) is 161 Å². The van der Waals surface area contributed by atoms with Gasteiger partial charge in [0.15, 0.2) is 18.3 Å². The summed E-state index contributed by atoms with van der Waals surface area (Å²) in [5, 5.41) is 2.57. The first-order chi connectivity index (χ1) is 16.3. The Morgan fingerprint density at radius 3 is 1.71 bits per heavy atom. The summed E-state index contributed by atoms with van der Waals surface area (Å²) in [6.45, 7) is 6.28. The Morgan fingerprint density at radius 1 is 0.714 bits per heavy atom. The van der Waals surface area contributed by atoms with E-state index in [0.717, 1.165) is 34.6 Å². The molecule has 1 aromatic rings. The minimum Gasteiger partial charge on any atom is -0.462 e. The van der Waals surface area contributed by atoms with Gasteiger partial charge in [0.1, 0.15) is 6.61 Å². The molecule has 0 saturated carbocycles. The minimum absolute atomic E-state index is 0.372. The van der Waals surface area contributed by atoms with E-state index in [1.165, 1.54) is 0 Å². The van der Waals surface area contributed by atoms with Gasteiger partial charge in [-0.1, -0.05) is 18.2 Å². The zero-order valence-corrected chi connectivity index (χ0v) is 20.3. The van der Waals surface area contributed by atoms with Crippen LogP contribution in [0.25, 0.3) is 0 Å². The molecule has 0 spiro atoms. The summed E-state index contributed by atoms with van der Waals surface area (Å²) in [6, 6.07) is 6.71. The summed E-state index contributed by atoms with van der Waals surface area (Å²) >= 11 is 0. The first-order valence-electron chi connectivity index (χ1n) is 10.5. The van der Waals surface area contributed by atoms with E-state index in [4.69, 9.17) is 23.7 Å². The molecule has 12 heteroatoms. The van der Waals surface area contributed by atoms with Crippen molar-refractivity contribution in [3.8, 4) is 0 Å². The van der Waals surface area contributed by atoms with Crippen molar-refractivity contribution in [2.45, 2.75) is 66.0 Å². The van der Waals surface area contributed by atoms with Gasteiger partial charge in [0, 0.05) is 40.3 Å². The first-order valence-corrected chi connectivity index (χ1v) is 10.5. The Hall–Kier alpha value is -3.96. The zero-order valence-electron chi connectivity index (χ0n) is 20.3. The van der Waals surface area contributed by atoms with Crippen molar-refractivity contribution in [2.75, 3.05) is 11.9 Å². The lowest BCUT2D eigenvalue weighted by Gasteiger charge is -2.34. The quantitative estimate of drug-likeness (QED) is 0.347. The number of ether oxygens (including phenoxy) is 5. The van der Waals surface area contributed by atoms with E-state index in [-0.39, 0.29) is 0 Å². The maximum Gasteiger partial charge on any atom is 0.303 e. The Kier molecular flexibility index (Phi) is 11.4. The first kappa shape index (κ1) is 29.1. The summed E-state index contributed by atoms with van der Waals surface area (Å²) in [6.07, 6.45) is -6.86. The Bertz CT molecular complexity index is 959. The summed E-state index contributed by atoms with van der Waals surface area (Å²) < 4.78 is 25.7. The second kappa shape index (κ2) is 13.7. The molecule has 4 unspecified atom stereocenters. The summed E-state index contributed by atoms with van der Waals surface area (Å²) in [7, 11) is 0. The number of benzene rings is 1. The van der Waals surface area contributed by atoms with Gasteiger partial charge in [0.2, 0.25) is 6.10 Å². The third-order valence-electron chi connectivity index (χ3n) is 4.32. The molecule has 0 aliphatic rings. The van der Waals surface area contributed by atoms with Gasteiger partial charge >= 0.3 is 29.8 Å². The lowest BCUT2D eigenvalue weighted by molar-refractivity contribution is -0.202. The van der Waals surface area contributed by atoms with Crippen LogP contribution in [0.5, 0.6) is 0 Å². The Morgan fingerprint density at radius 2 is 1.23 bits per heavy atom. The van der Waals surface area contributed by atoms with Crippen LogP contribution in [0.2, 0.25) is 0 Å². The van der Waals surface area contributed by atoms with Crippen LogP contribution in [0, 0.1) is 6.92 Å². The summed E-state index contributed by atoms with van der Waals surface area (Å²) in [5.41, 5.74) is 1.05. The van der Waals surface area contributed by atoms with Gasteiger partial charge < -0.3 is 29.0 Å². The second-order valence-electron chi connectivity index (χ2n) is 7.43. The SMILES string of the molecule is CC(=O)OCC(OC(C)=O)C(OC(C)=O)C(OC(C)=O)C(OC(C)=O)C(=O)Nc1ccccc1C. The molecular weight excluding hydrogens is 466 g/mol. The lowest BCUT2D eigenvalue weighted by Crippen LogP contribution is -2.56. The highest BCUT2D eigenvalue weighted by molar-refractivity contribution is 5.96. The van der Waals surface area contributed by atoms with Gasteiger partial charge in [-0.2, -0.15) is 0 Å². The molecular formula is C23H29NO11. The van der Waals surface area contributed by atoms with Crippen LogP contribution in [0.15, 0.2) is 24.3 Å². The molecule has 0 radical (unpaired) electrons. The van der Waals surface area contributed by atoms with Crippen LogP contribution < -0.4 is 5.32 Å². The molecule has 1 rings (SSSR count). The van der Waals surface area contributed by atoms with E-state index in [2.05, 4.69) is 5.32 Å². The van der Waals surface area contributed by atoms with Crippen molar-refractivity contribution in [1.82, 2.24) is 0 Å². The molecule has 0 aromatic heterocycles. The molecule has 0 aliphatic heterocycles. The molecule has 0 bridgehead atoms. The number of esters is 5. The van der Waals surface area contributed by atoms with E-state index >= 15 is 0 Å². The second-order valence-corrected chi connectivity index (χ2v) is 7.43. The molecule has 0 saturated heterocycles. The number of carbonyl (C=O) groups is 6. The molecule has 192 valence electrons. The number of nitrogens with one attached hydrogen (secondary N) is 1. The van der Waals surface area contributed by atoms with Crippen molar-refractivity contribution in [3.63, 3.8) is 0 Å². The molecule has 12 nitrogen and oxygen atoms in total. The smallest absolute Gasteiger partial charge is 0.303 e. The maximum atomic E-state index is 13.2. The van der Waals surface area contributed by atoms with E-state index in [1.807, 2.05) is 0 Å².